The lowest BCUT2D eigenvalue weighted by atomic mass is 10.0. The van der Waals surface area contributed by atoms with Gasteiger partial charge in [0.05, 0.1) is 17.6 Å². The number of aryl methyl sites for hydroxylation is 1. The first-order valence-electron chi connectivity index (χ1n) is 11.1. The van der Waals surface area contributed by atoms with Gasteiger partial charge in [-0.2, -0.15) is 5.10 Å². The van der Waals surface area contributed by atoms with Crippen molar-refractivity contribution in [2.45, 2.75) is 32.2 Å². The fourth-order valence-electron chi connectivity index (χ4n) is 4.82. The summed E-state index contributed by atoms with van der Waals surface area (Å²) in [4.78, 5) is 23.7. The number of nitrogens with zero attached hydrogens (tertiary/aromatic N) is 5. The average Bonchev–Trinajstić information content (AvgIpc) is 3.23. The molecule has 9 heteroatoms. The number of carbonyl (C=O) groups excluding carboxylic acids is 1. The van der Waals surface area contributed by atoms with Gasteiger partial charge < -0.3 is 10.2 Å². The summed E-state index contributed by atoms with van der Waals surface area (Å²) in [7, 11) is 0. The molecule has 7 nitrogen and oxygen atoms in total. The maximum atomic E-state index is 14.8. The number of amides is 1. The summed E-state index contributed by atoms with van der Waals surface area (Å²) in [5.41, 5.74) is 1.77. The highest BCUT2D eigenvalue weighted by Gasteiger charge is 2.64. The van der Waals surface area contributed by atoms with E-state index in [1.54, 1.807) is 23.0 Å². The number of anilines is 2. The molecule has 2 fully saturated rings. The average molecular weight is 463 g/mol. The molecule has 2 aliphatic rings. The zero-order chi connectivity index (χ0) is 24.0. The van der Waals surface area contributed by atoms with Crippen molar-refractivity contribution in [1.82, 2.24) is 19.6 Å². The SMILES string of the molecule is C=C(/C(F)=C\C=C(/C)F)[C@@]12C[C@@H]1CCN2c1ccn2ncc(NC(=O)c3ncccc3C)c2n1. The van der Waals surface area contributed by atoms with Crippen LogP contribution in [0.1, 0.15) is 35.8 Å². The van der Waals surface area contributed by atoms with Crippen molar-refractivity contribution < 1.29 is 13.6 Å². The number of halogens is 2. The largest absolute Gasteiger partial charge is 0.346 e. The van der Waals surface area contributed by atoms with Gasteiger partial charge in [0.2, 0.25) is 0 Å². The first kappa shape index (κ1) is 21.9. The molecule has 0 bridgehead atoms. The van der Waals surface area contributed by atoms with E-state index in [9.17, 15) is 13.6 Å². The maximum Gasteiger partial charge on any atom is 0.274 e. The third-order valence-electron chi connectivity index (χ3n) is 6.63. The molecule has 5 rings (SSSR count). The molecule has 1 saturated carbocycles. The first-order chi connectivity index (χ1) is 16.3. The number of fused-ring (bicyclic) bond motifs is 2. The maximum absolute atomic E-state index is 14.8. The number of pyridine rings is 1. The Bertz CT molecular complexity index is 1370. The Morgan fingerprint density at radius 3 is 2.88 bits per heavy atom. The number of hydrogen-bond acceptors (Lipinski definition) is 5. The number of allylic oxidation sites excluding steroid dienone is 3. The lowest BCUT2D eigenvalue weighted by Crippen LogP contribution is -2.37. The fourth-order valence-corrected chi connectivity index (χ4v) is 4.82. The molecule has 174 valence electrons. The molecule has 3 aromatic heterocycles. The van der Waals surface area contributed by atoms with E-state index < -0.39 is 17.2 Å². The summed E-state index contributed by atoms with van der Waals surface area (Å²) in [5, 5.41) is 7.12. The van der Waals surface area contributed by atoms with E-state index in [0.29, 0.717) is 35.0 Å². The normalized spacial score (nSPS) is 22.1. The number of aromatic nitrogens is 4. The van der Waals surface area contributed by atoms with Gasteiger partial charge in [-0.05, 0) is 62.5 Å². The Labute approximate surface area is 195 Å². The van der Waals surface area contributed by atoms with Crippen LogP contribution >= 0.6 is 0 Å². The topological polar surface area (TPSA) is 75.4 Å². The fraction of sp³-hybridized carbons (Fsp3) is 0.280. The minimum absolute atomic E-state index is 0.267. The van der Waals surface area contributed by atoms with Gasteiger partial charge in [-0.25, -0.2) is 18.3 Å². The van der Waals surface area contributed by atoms with E-state index in [0.717, 1.165) is 30.6 Å². The molecule has 1 N–H and O–H groups in total. The molecule has 34 heavy (non-hydrogen) atoms. The van der Waals surface area contributed by atoms with E-state index >= 15 is 0 Å². The lowest BCUT2D eigenvalue weighted by molar-refractivity contribution is 0.102. The molecule has 3 aromatic rings. The van der Waals surface area contributed by atoms with Crippen LogP contribution in [-0.2, 0) is 0 Å². The summed E-state index contributed by atoms with van der Waals surface area (Å²) < 4.78 is 29.5. The van der Waals surface area contributed by atoms with Crippen LogP contribution < -0.4 is 10.2 Å². The second kappa shape index (κ2) is 8.16. The van der Waals surface area contributed by atoms with Crippen LogP contribution in [0.4, 0.5) is 20.3 Å². The van der Waals surface area contributed by atoms with Gasteiger partial charge in [0.25, 0.3) is 5.91 Å². The minimum atomic E-state index is -0.571. The van der Waals surface area contributed by atoms with E-state index in [1.807, 2.05) is 19.1 Å². The highest BCUT2D eigenvalue weighted by atomic mass is 19.1. The van der Waals surface area contributed by atoms with E-state index in [2.05, 4.69) is 26.9 Å². The highest BCUT2D eigenvalue weighted by Crippen LogP contribution is 2.61. The van der Waals surface area contributed by atoms with Crippen molar-refractivity contribution in [3.05, 3.63) is 84.0 Å². The number of rotatable bonds is 6. The standard InChI is InChI=1S/C25H24F2N6O/c1-15-5-4-10-28-22(15)24(34)30-20-14-29-33-12-9-21(31-23(20)33)32-11-8-18-13-25(18,32)17(3)19(27)7-6-16(2)26/h4-7,9-10,12,14,18H,3,8,11,13H2,1-2H3,(H,30,34)/b16-6+,19-7+/t18-,25-/m0/s1. The van der Waals surface area contributed by atoms with Crippen molar-refractivity contribution in [2.75, 3.05) is 16.8 Å². The van der Waals surface area contributed by atoms with Gasteiger partial charge in [-0.15, -0.1) is 0 Å². The van der Waals surface area contributed by atoms with Crippen LogP contribution in [0.5, 0.6) is 0 Å². The summed E-state index contributed by atoms with van der Waals surface area (Å²) in [6.45, 7) is 7.79. The number of nitrogens with one attached hydrogen (secondary N) is 1. The van der Waals surface area contributed by atoms with Gasteiger partial charge in [0, 0.05) is 24.5 Å². The minimum Gasteiger partial charge on any atom is -0.346 e. The molecular formula is C25H24F2N6O. The number of hydrogen-bond donors (Lipinski definition) is 1. The van der Waals surface area contributed by atoms with Gasteiger partial charge in [0.15, 0.2) is 5.65 Å². The smallest absolute Gasteiger partial charge is 0.274 e. The zero-order valence-corrected chi connectivity index (χ0v) is 18.9. The van der Waals surface area contributed by atoms with Crippen molar-refractivity contribution >= 4 is 23.1 Å². The van der Waals surface area contributed by atoms with Crippen LogP contribution in [0, 0.1) is 12.8 Å². The molecule has 0 unspecified atom stereocenters. The van der Waals surface area contributed by atoms with Crippen LogP contribution in [0.2, 0.25) is 0 Å². The third kappa shape index (κ3) is 3.57. The van der Waals surface area contributed by atoms with Gasteiger partial charge >= 0.3 is 0 Å². The van der Waals surface area contributed by atoms with Crippen LogP contribution in [0.15, 0.2) is 72.7 Å². The van der Waals surface area contributed by atoms with Crippen LogP contribution in [-0.4, -0.2) is 37.6 Å². The summed E-state index contributed by atoms with van der Waals surface area (Å²) >= 11 is 0. The molecule has 1 aliphatic carbocycles. The van der Waals surface area contributed by atoms with Crippen LogP contribution in [0.25, 0.3) is 5.65 Å². The van der Waals surface area contributed by atoms with Crippen molar-refractivity contribution in [3.63, 3.8) is 0 Å². The second-order valence-electron chi connectivity index (χ2n) is 8.75. The Hall–Kier alpha value is -3.88. The Balaban J connectivity index is 1.45. The Kier molecular flexibility index (Phi) is 5.27. The Morgan fingerprint density at radius 1 is 1.32 bits per heavy atom. The molecule has 0 spiro atoms. The van der Waals surface area contributed by atoms with Crippen molar-refractivity contribution in [2.24, 2.45) is 5.92 Å². The van der Waals surface area contributed by atoms with Crippen LogP contribution in [0.3, 0.4) is 0 Å². The quantitative estimate of drug-likeness (QED) is 0.526. The highest BCUT2D eigenvalue weighted by molar-refractivity contribution is 6.05. The van der Waals surface area contributed by atoms with Gasteiger partial charge in [-0.3, -0.25) is 9.78 Å². The summed E-state index contributed by atoms with van der Waals surface area (Å²) in [5.74, 6) is -0.445. The number of piperidine rings is 1. The Morgan fingerprint density at radius 2 is 2.15 bits per heavy atom. The van der Waals surface area contributed by atoms with Gasteiger partial charge in [-0.1, -0.05) is 12.6 Å². The molecule has 2 atom stereocenters. The second-order valence-corrected chi connectivity index (χ2v) is 8.75. The van der Waals surface area contributed by atoms with E-state index in [-0.39, 0.29) is 11.8 Å². The first-order valence-corrected chi connectivity index (χ1v) is 11.1. The van der Waals surface area contributed by atoms with Crippen molar-refractivity contribution in [3.8, 4) is 0 Å². The number of carbonyl (C=O) groups is 1. The molecule has 1 aliphatic heterocycles. The van der Waals surface area contributed by atoms with Gasteiger partial charge in [0.1, 0.15) is 23.0 Å². The summed E-state index contributed by atoms with van der Waals surface area (Å²) in [6.07, 6.45) is 8.74. The molecule has 0 radical (unpaired) electrons. The molecular weight excluding hydrogens is 438 g/mol. The predicted molar refractivity (Wildman–Crippen MR) is 126 cm³/mol. The molecule has 1 saturated heterocycles. The third-order valence-corrected chi connectivity index (χ3v) is 6.63. The zero-order valence-electron chi connectivity index (χ0n) is 18.9. The lowest BCUT2D eigenvalue weighted by Gasteiger charge is -2.30. The molecule has 0 aromatic carbocycles. The van der Waals surface area contributed by atoms with Crippen molar-refractivity contribution in [1.29, 1.82) is 0 Å². The van der Waals surface area contributed by atoms with E-state index in [4.69, 9.17) is 4.98 Å². The van der Waals surface area contributed by atoms with E-state index in [1.165, 1.54) is 13.1 Å². The summed E-state index contributed by atoms with van der Waals surface area (Å²) in [6, 6.07) is 5.41. The molecule has 1 amide bonds. The predicted octanol–water partition coefficient (Wildman–Crippen LogP) is 4.94. The monoisotopic (exact) mass is 462 g/mol. The molecule has 4 heterocycles.